The zero-order chi connectivity index (χ0) is 18.4. The summed E-state index contributed by atoms with van der Waals surface area (Å²) in [5.41, 5.74) is 1.66. The third kappa shape index (κ3) is 4.46. The number of benzene rings is 2. The van der Waals surface area contributed by atoms with Gasteiger partial charge in [0.05, 0.1) is 17.2 Å². The molecule has 1 aliphatic rings. The molecular formula is C22H26ClNO2. The van der Waals surface area contributed by atoms with E-state index in [4.69, 9.17) is 11.6 Å². The van der Waals surface area contributed by atoms with E-state index in [1.807, 2.05) is 23.1 Å². The van der Waals surface area contributed by atoms with E-state index >= 15 is 0 Å². The number of aryl methyl sites for hydroxylation is 1. The van der Waals surface area contributed by atoms with Gasteiger partial charge in [-0.2, -0.15) is 0 Å². The van der Waals surface area contributed by atoms with Gasteiger partial charge in [-0.05, 0) is 49.8 Å². The van der Waals surface area contributed by atoms with Gasteiger partial charge in [-0.3, -0.25) is 4.79 Å². The molecule has 1 saturated heterocycles. The molecule has 1 unspecified atom stereocenters. The van der Waals surface area contributed by atoms with Crippen molar-refractivity contribution in [2.75, 3.05) is 19.7 Å². The normalized spacial score (nSPS) is 20.2. The van der Waals surface area contributed by atoms with E-state index in [-0.39, 0.29) is 17.9 Å². The van der Waals surface area contributed by atoms with E-state index < -0.39 is 0 Å². The minimum absolute atomic E-state index is 0.0313. The van der Waals surface area contributed by atoms with Crippen LogP contribution < -0.4 is 0 Å². The van der Waals surface area contributed by atoms with E-state index in [0.717, 1.165) is 38.6 Å². The van der Waals surface area contributed by atoms with E-state index in [9.17, 15) is 9.90 Å². The number of carbonyl (C=O) groups excluding carboxylic acids is 1. The molecule has 0 saturated carbocycles. The fourth-order valence-corrected chi connectivity index (χ4v) is 4.13. The van der Waals surface area contributed by atoms with Crippen LogP contribution >= 0.6 is 11.6 Å². The third-order valence-corrected chi connectivity index (χ3v) is 5.73. The quantitative estimate of drug-likeness (QED) is 0.807. The molecule has 0 aromatic heterocycles. The fraction of sp³-hybridized carbons (Fsp3) is 0.409. The summed E-state index contributed by atoms with van der Waals surface area (Å²) in [6.07, 6.45) is 4.82. The van der Waals surface area contributed by atoms with Crippen molar-refractivity contribution in [3.63, 3.8) is 0 Å². The van der Waals surface area contributed by atoms with Gasteiger partial charge in [0.25, 0.3) is 5.91 Å². The highest BCUT2D eigenvalue weighted by atomic mass is 35.5. The monoisotopic (exact) mass is 371 g/mol. The highest BCUT2D eigenvalue weighted by molar-refractivity contribution is 6.33. The molecular weight excluding hydrogens is 346 g/mol. The molecule has 4 heteroatoms. The maximum Gasteiger partial charge on any atom is 0.255 e. The van der Waals surface area contributed by atoms with Gasteiger partial charge in [-0.15, -0.1) is 0 Å². The van der Waals surface area contributed by atoms with Crippen molar-refractivity contribution in [2.24, 2.45) is 5.41 Å². The summed E-state index contributed by atoms with van der Waals surface area (Å²) < 4.78 is 0. The van der Waals surface area contributed by atoms with Crippen molar-refractivity contribution >= 4 is 17.5 Å². The van der Waals surface area contributed by atoms with Crippen molar-refractivity contribution < 1.29 is 9.90 Å². The van der Waals surface area contributed by atoms with Gasteiger partial charge in [0.15, 0.2) is 0 Å². The number of carbonyl (C=O) groups is 1. The molecule has 26 heavy (non-hydrogen) atoms. The smallest absolute Gasteiger partial charge is 0.255 e. The number of piperidine rings is 1. The predicted octanol–water partition coefficient (Wildman–Crippen LogP) is 4.58. The fourth-order valence-electron chi connectivity index (χ4n) is 3.91. The summed E-state index contributed by atoms with van der Waals surface area (Å²) in [5, 5.41) is 10.6. The molecule has 3 rings (SSSR count). The summed E-state index contributed by atoms with van der Waals surface area (Å²) in [6.45, 7) is 1.45. The number of rotatable bonds is 6. The second-order valence-corrected chi connectivity index (χ2v) is 7.71. The van der Waals surface area contributed by atoms with Crippen LogP contribution in [-0.2, 0) is 6.42 Å². The molecule has 1 amide bonds. The Morgan fingerprint density at radius 2 is 1.85 bits per heavy atom. The SMILES string of the molecule is O=C(c1ccccc1Cl)N1CCCC(CO)(CCCc2ccccc2)C1. The maximum atomic E-state index is 12.9. The average Bonchev–Trinajstić information content (AvgIpc) is 2.69. The number of halogens is 1. The Bertz CT molecular complexity index is 734. The molecule has 0 radical (unpaired) electrons. The first kappa shape index (κ1) is 18.9. The topological polar surface area (TPSA) is 40.5 Å². The Labute approximate surface area is 160 Å². The maximum absolute atomic E-state index is 12.9. The zero-order valence-corrected chi connectivity index (χ0v) is 15.8. The van der Waals surface area contributed by atoms with Crippen molar-refractivity contribution in [1.82, 2.24) is 4.90 Å². The summed E-state index contributed by atoms with van der Waals surface area (Å²) in [5.74, 6) is -0.0313. The summed E-state index contributed by atoms with van der Waals surface area (Å²) in [7, 11) is 0. The molecule has 0 aliphatic carbocycles. The first-order chi connectivity index (χ1) is 12.6. The molecule has 138 valence electrons. The van der Waals surface area contributed by atoms with Crippen LogP contribution in [0.25, 0.3) is 0 Å². The zero-order valence-electron chi connectivity index (χ0n) is 15.0. The van der Waals surface area contributed by atoms with Crippen LogP contribution in [0.3, 0.4) is 0 Å². The van der Waals surface area contributed by atoms with Gasteiger partial charge in [-0.25, -0.2) is 0 Å². The van der Waals surface area contributed by atoms with Gasteiger partial charge in [0.1, 0.15) is 0 Å². The Morgan fingerprint density at radius 3 is 2.58 bits per heavy atom. The molecule has 3 nitrogen and oxygen atoms in total. The van der Waals surface area contributed by atoms with Crippen LogP contribution in [0, 0.1) is 5.41 Å². The number of hydrogen-bond donors (Lipinski definition) is 1. The lowest BCUT2D eigenvalue weighted by atomic mass is 9.76. The van der Waals surface area contributed by atoms with Crippen LogP contribution in [0.5, 0.6) is 0 Å². The Balaban J connectivity index is 1.64. The van der Waals surface area contributed by atoms with Gasteiger partial charge < -0.3 is 10.0 Å². The second kappa shape index (κ2) is 8.70. The van der Waals surface area contributed by atoms with Crippen molar-refractivity contribution in [1.29, 1.82) is 0 Å². The lowest BCUT2D eigenvalue weighted by Gasteiger charge is -2.42. The standard InChI is InChI=1S/C22H26ClNO2/c23-20-12-5-4-11-19(20)21(26)24-15-7-14-22(16-24,17-25)13-6-10-18-8-2-1-3-9-18/h1-5,8-9,11-12,25H,6-7,10,13-17H2. The van der Waals surface area contributed by atoms with Crippen molar-refractivity contribution in [2.45, 2.75) is 32.1 Å². The van der Waals surface area contributed by atoms with Gasteiger partial charge in [0, 0.05) is 18.5 Å². The van der Waals surface area contributed by atoms with E-state index in [1.54, 1.807) is 12.1 Å². The molecule has 1 fully saturated rings. The third-order valence-electron chi connectivity index (χ3n) is 5.40. The lowest BCUT2D eigenvalue weighted by Crippen LogP contribution is -2.48. The van der Waals surface area contributed by atoms with E-state index in [2.05, 4.69) is 24.3 Å². The van der Waals surface area contributed by atoms with Gasteiger partial charge in [0.2, 0.25) is 0 Å². The molecule has 1 aliphatic heterocycles. The number of likely N-dealkylation sites (tertiary alicyclic amines) is 1. The van der Waals surface area contributed by atoms with Crippen LogP contribution in [0.4, 0.5) is 0 Å². The lowest BCUT2D eigenvalue weighted by molar-refractivity contribution is 0.0216. The van der Waals surface area contributed by atoms with Crippen molar-refractivity contribution in [3.8, 4) is 0 Å². The number of amides is 1. The van der Waals surface area contributed by atoms with E-state index in [0.29, 0.717) is 17.1 Å². The number of nitrogens with zero attached hydrogens (tertiary/aromatic N) is 1. The molecule has 0 bridgehead atoms. The first-order valence-electron chi connectivity index (χ1n) is 9.32. The largest absolute Gasteiger partial charge is 0.396 e. The minimum atomic E-state index is -0.204. The molecule has 1 atom stereocenters. The van der Waals surface area contributed by atoms with E-state index in [1.165, 1.54) is 5.56 Å². The molecule has 2 aromatic rings. The van der Waals surface area contributed by atoms with Crippen LogP contribution in [-0.4, -0.2) is 35.6 Å². The number of aliphatic hydroxyl groups is 1. The predicted molar refractivity (Wildman–Crippen MR) is 105 cm³/mol. The van der Waals surface area contributed by atoms with Crippen LogP contribution in [0.1, 0.15) is 41.6 Å². The Kier molecular flexibility index (Phi) is 6.33. The summed E-state index contributed by atoms with van der Waals surface area (Å²) >= 11 is 6.20. The average molecular weight is 372 g/mol. The van der Waals surface area contributed by atoms with Gasteiger partial charge >= 0.3 is 0 Å². The Hall–Kier alpha value is -1.84. The molecule has 0 spiro atoms. The molecule has 2 aromatic carbocycles. The van der Waals surface area contributed by atoms with Crippen molar-refractivity contribution in [3.05, 3.63) is 70.7 Å². The number of aliphatic hydroxyl groups excluding tert-OH is 1. The van der Waals surface area contributed by atoms with Crippen LogP contribution in [0.2, 0.25) is 5.02 Å². The highest BCUT2D eigenvalue weighted by Gasteiger charge is 2.36. The van der Waals surface area contributed by atoms with Gasteiger partial charge in [-0.1, -0.05) is 54.1 Å². The Morgan fingerprint density at radius 1 is 1.12 bits per heavy atom. The molecule has 1 N–H and O–H groups in total. The summed E-state index contributed by atoms with van der Waals surface area (Å²) in [6, 6.07) is 17.6. The summed E-state index contributed by atoms with van der Waals surface area (Å²) in [4.78, 5) is 14.7. The molecule has 1 heterocycles. The number of hydrogen-bond acceptors (Lipinski definition) is 2. The highest BCUT2D eigenvalue weighted by Crippen LogP contribution is 2.35. The minimum Gasteiger partial charge on any atom is -0.396 e. The van der Waals surface area contributed by atoms with Crippen LogP contribution in [0.15, 0.2) is 54.6 Å². The first-order valence-corrected chi connectivity index (χ1v) is 9.70. The second-order valence-electron chi connectivity index (χ2n) is 7.31.